The van der Waals surface area contributed by atoms with Crippen molar-refractivity contribution in [1.29, 1.82) is 0 Å². The molecule has 0 radical (unpaired) electrons. The summed E-state index contributed by atoms with van der Waals surface area (Å²) in [6.07, 6.45) is 5.85. The fraction of sp³-hybridized carbons (Fsp3) is 0.600. The average molecular weight is 394 g/mol. The summed E-state index contributed by atoms with van der Waals surface area (Å²) in [5.74, 6) is -0.359. The number of hydrogen-bond acceptors (Lipinski definition) is 5. The van der Waals surface area contributed by atoms with Gasteiger partial charge in [0.05, 0.1) is 4.90 Å². The van der Waals surface area contributed by atoms with Gasteiger partial charge in [0.1, 0.15) is 0 Å². The van der Waals surface area contributed by atoms with E-state index in [0.29, 0.717) is 37.2 Å². The second kappa shape index (κ2) is 8.97. The molecule has 2 fully saturated rings. The molecule has 1 aromatic carbocycles. The van der Waals surface area contributed by atoms with Crippen molar-refractivity contribution in [3.63, 3.8) is 0 Å². The van der Waals surface area contributed by atoms with Gasteiger partial charge in [0.2, 0.25) is 10.0 Å². The number of carbonyl (C=O) groups excluding carboxylic acids is 2. The molecular weight excluding hydrogens is 366 g/mol. The van der Waals surface area contributed by atoms with E-state index in [2.05, 4.69) is 0 Å². The number of hydrogen-bond donors (Lipinski definition) is 0. The molecule has 1 aromatic rings. The van der Waals surface area contributed by atoms with Crippen LogP contribution in [-0.4, -0.2) is 43.7 Å². The fourth-order valence-electron chi connectivity index (χ4n) is 3.62. The smallest absolute Gasteiger partial charge is 0.306 e. The highest BCUT2D eigenvalue weighted by atomic mass is 32.2. The first kappa shape index (κ1) is 20.0. The summed E-state index contributed by atoms with van der Waals surface area (Å²) in [4.78, 5) is 24.0. The highest BCUT2D eigenvalue weighted by Crippen LogP contribution is 2.22. The predicted molar refractivity (Wildman–Crippen MR) is 101 cm³/mol. The Kier molecular flexibility index (Phi) is 6.65. The number of esters is 1. The van der Waals surface area contributed by atoms with Crippen molar-refractivity contribution in [3.05, 3.63) is 29.8 Å². The normalized spacial score (nSPS) is 21.8. The highest BCUT2D eigenvalue weighted by molar-refractivity contribution is 7.89. The molecule has 1 heterocycles. The molecule has 1 saturated heterocycles. The summed E-state index contributed by atoms with van der Waals surface area (Å²) in [7, 11) is -3.43. The maximum absolute atomic E-state index is 12.6. The topological polar surface area (TPSA) is 80.8 Å². The molecule has 1 aliphatic heterocycles. The highest BCUT2D eigenvalue weighted by Gasteiger charge is 2.26. The number of nitrogens with zero attached hydrogens (tertiary/aromatic N) is 1. The van der Waals surface area contributed by atoms with Gasteiger partial charge in [-0.15, -0.1) is 0 Å². The maximum Gasteiger partial charge on any atom is 0.306 e. The fourth-order valence-corrected chi connectivity index (χ4v) is 5.14. The number of ketones is 1. The van der Waals surface area contributed by atoms with E-state index < -0.39 is 16.1 Å². The average Bonchev–Trinajstić information content (AvgIpc) is 2.69. The lowest BCUT2D eigenvalue weighted by molar-refractivity contribution is -0.156. The van der Waals surface area contributed by atoms with Crippen molar-refractivity contribution >= 4 is 21.8 Å². The predicted octanol–water partition coefficient (Wildman–Crippen LogP) is 2.85. The number of carbonyl (C=O) groups is 2. The number of Topliss-reactive ketones (excluding diaryl/α,β-unsaturated/α-hetero) is 1. The first-order valence-electron chi connectivity index (χ1n) is 9.78. The number of sulfonamides is 1. The van der Waals surface area contributed by atoms with Crippen LogP contribution in [0.25, 0.3) is 0 Å². The minimum absolute atomic E-state index is 0.0156. The van der Waals surface area contributed by atoms with E-state index in [-0.39, 0.29) is 18.2 Å². The van der Waals surface area contributed by atoms with Gasteiger partial charge < -0.3 is 4.74 Å². The van der Waals surface area contributed by atoms with E-state index in [1.165, 1.54) is 0 Å². The van der Waals surface area contributed by atoms with Crippen molar-refractivity contribution < 1.29 is 22.7 Å². The van der Waals surface area contributed by atoms with Gasteiger partial charge in [-0.1, -0.05) is 18.6 Å². The molecular formula is C20H27NO5S. The summed E-state index contributed by atoms with van der Waals surface area (Å²) < 4.78 is 32.1. The molecule has 0 unspecified atom stereocenters. The molecule has 1 aliphatic carbocycles. The third-order valence-corrected chi connectivity index (χ3v) is 7.18. The molecule has 3 rings (SSSR count). The van der Waals surface area contributed by atoms with Crippen LogP contribution in [0.2, 0.25) is 0 Å². The molecule has 0 aromatic heterocycles. The Morgan fingerprint density at radius 2 is 1.74 bits per heavy atom. The van der Waals surface area contributed by atoms with E-state index in [1.807, 2.05) is 0 Å². The van der Waals surface area contributed by atoms with Crippen LogP contribution in [0.1, 0.15) is 56.9 Å². The standard InChI is InChI=1S/C20H27NO5S/c22-18-6-2-3-7-19(18)26-20(23)13-10-16-8-11-17(12-9-16)27(24,25)21-14-4-1-5-15-21/h8-9,11-12,19H,1-7,10,13-15H2/t19-/m0/s1. The number of ether oxygens (including phenoxy) is 1. The van der Waals surface area contributed by atoms with Gasteiger partial charge in [0.25, 0.3) is 0 Å². The first-order valence-corrected chi connectivity index (χ1v) is 11.2. The lowest BCUT2D eigenvalue weighted by atomic mass is 9.96. The van der Waals surface area contributed by atoms with E-state index in [9.17, 15) is 18.0 Å². The molecule has 7 heteroatoms. The Bertz CT molecular complexity index is 766. The largest absolute Gasteiger partial charge is 0.454 e. The molecule has 27 heavy (non-hydrogen) atoms. The Balaban J connectivity index is 1.53. The van der Waals surface area contributed by atoms with E-state index in [1.54, 1.807) is 28.6 Å². The van der Waals surface area contributed by atoms with Crippen molar-refractivity contribution in [3.8, 4) is 0 Å². The van der Waals surface area contributed by atoms with Gasteiger partial charge in [-0.2, -0.15) is 4.31 Å². The Labute approximate surface area is 160 Å². The molecule has 1 atom stereocenters. The van der Waals surface area contributed by atoms with Crippen molar-refractivity contribution in [2.24, 2.45) is 0 Å². The van der Waals surface area contributed by atoms with Crippen LogP contribution in [0, 0.1) is 0 Å². The van der Waals surface area contributed by atoms with Crippen LogP contribution in [0.4, 0.5) is 0 Å². The third kappa shape index (κ3) is 5.17. The van der Waals surface area contributed by atoms with Crippen LogP contribution < -0.4 is 0 Å². The molecule has 1 saturated carbocycles. The minimum atomic E-state index is -3.43. The molecule has 6 nitrogen and oxygen atoms in total. The Hall–Kier alpha value is -1.73. The molecule has 2 aliphatic rings. The first-order chi connectivity index (χ1) is 13.0. The zero-order valence-electron chi connectivity index (χ0n) is 15.6. The van der Waals surface area contributed by atoms with Crippen LogP contribution in [0.5, 0.6) is 0 Å². The Morgan fingerprint density at radius 1 is 1.04 bits per heavy atom. The zero-order valence-corrected chi connectivity index (χ0v) is 16.4. The van der Waals surface area contributed by atoms with Gasteiger partial charge in [-0.05, 0) is 56.2 Å². The summed E-state index contributed by atoms with van der Waals surface area (Å²) in [5.41, 5.74) is 0.875. The van der Waals surface area contributed by atoms with E-state index in [0.717, 1.165) is 37.7 Å². The van der Waals surface area contributed by atoms with Gasteiger partial charge in [-0.25, -0.2) is 8.42 Å². The second-order valence-corrected chi connectivity index (χ2v) is 9.24. The van der Waals surface area contributed by atoms with Crippen molar-refractivity contribution in [1.82, 2.24) is 4.31 Å². The van der Waals surface area contributed by atoms with E-state index >= 15 is 0 Å². The van der Waals surface area contributed by atoms with Gasteiger partial charge in [0.15, 0.2) is 11.9 Å². The third-order valence-electron chi connectivity index (χ3n) is 5.27. The zero-order chi connectivity index (χ0) is 19.3. The summed E-state index contributed by atoms with van der Waals surface area (Å²) in [6, 6.07) is 6.70. The molecule has 0 N–H and O–H groups in total. The minimum Gasteiger partial charge on any atom is -0.454 e. The van der Waals surface area contributed by atoms with Crippen molar-refractivity contribution in [2.45, 2.75) is 68.8 Å². The van der Waals surface area contributed by atoms with Crippen molar-refractivity contribution in [2.75, 3.05) is 13.1 Å². The number of rotatable bonds is 6. The van der Waals surface area contributed by atoms with Crippen LogP contribution in [0.3, 0.4) is 0 Å². The lowest BCUT2D eigenvalue weighted by Gasteiger charge is -2.25. The molecule has 0 spiro atoms. The van der Waals surface area contributed by atoms with Gasteiger partial charge in [-0.3, -0.25) is 9.59 Å². The summed E-state index contributed by atoms with van der Waals surface area (Å²) in [5, 5.41) is 0. The molecule has 148 valence electrons. The lowest BCUT2D eigenvalue weighted by Crippen LogP contribution is -2.35. The van der Waals surface area contributed by atoms with Crippen LogP contribution in [0.15, 0.2) is 29.2 Å². The summed E-state index contributed by atoms with van der Waals surface area (Å²) >= 11 is 0. The van der Waals surface area contributed by atoms with Crippen LogP contribution in [-0.2, 0) is 30.8 Å². The second-order valence-electron chi connectivity index (χ2n) is 7.30. The monoisotopic (exact) mass is 393 g/mol. The maximum atomic E-state index is 12.6. The SMILES string of the molecule is O=C(CCc1ccc(S(=O)(=O)N2CCCCC2)cc1)O[C@H]1CCCCC1=O. The van der Waals surface area contributed by atoms with Gasteiger partial charge in [0, 0.05) is 25.9 Å². The number of piperidine rings is 1. The van der Waals surface area contributed by atoms with Crippen LogP contribution >= 0.6 is 0 Å². The van der Waals surface area contributed by atoms with Gasteiger partial charge >= 0.3 is 5.97 Å². The molecule has 0 amide bonds. The number of aryl methyl sites for hydroxylation is 1. The van der Waals surface area contributed by atoms with E-state index in [4.69, 9.17) is 4.74 Å². The Morgan fingerprint density at radius 3 is 2.41 bits per heavy atom. The summed E-state index contributed by atoms with van der Waals surface area (Å²) in [6.45, 7) is 1.16. The quantitative estimate of drug-likeness (QED) is 0.694. The number of benzene rings is 1. The molecule has 0 bridgehead atoms.